The maximum absolute atomic E-state index is 12.5. The van der Waals surface area contributed by atoms with E-state index in [1.54, 1.807) is 11.0 Å². The molecule has 0 unspecified atom stereocenters. The minimum atomic E-state index is -0.169. The van der Waals surface area contributed by atoms with E-state index in [1.165, 1.54) is 11.3 Å². The Kier molecular flexibility index (Phi) is 4.64. The molecule has 0 saturated heterocycles. The fraction of sp³-hybridized carbons (Fsp3) is 0.421. The molecule has 0 radical (unpaired) electrons. The van der Waals surface area contributed by atoms with E-state index in [4.69, 9.17) is 0 Å². The molecule has 1 aromatic heterocycles. The second-order valence-electron chi connectivity index (χ2n) is 7.23. The SMILES string of the molecule is CCC(=O)N1CCc2cc(C(=O)Nc3nc(C(C)(C)C)cs3)ccc21. The third-order valence-corrected chi connectivity index (χ3v) is 5.09. The van der Waals surface area contributed by atoms with Gasteiger partial charge in [-0.15, -0.1) is 11.3 Å². The summed E-state index contributed by atoms with van der Waals surface area (Å²) < 4.78 is 0. The van der Waals surface area contributed by atoms with Crippen molar-refractivity contribution in [1.82, 2.24) is 4.98 Å². The molecule has 0 aliphatic carbocycles. The fourth-order valence-corrected chi connectivity index (χ4v) is 3.77. The van der Waals surface area contributed by atoms with Gasteiger partial charge in [0.2, 0.25) is 5.91 Å². The number of anilines is 2. The topological polar surface area (TPSA) is 62.3 Å². The van der Waals surface area contributed by atoms with Crippen molar-refractivity contribution in [3.05, 3.63) is 40.4 Å². The Bertz CT molecular complexity index is 820. The van der Waals surface area contributed by atoms with Crippen molar-refractivity contribution >= 4 is 34.0 Å². The summed E-state index contributed by atoms with van der Waals surface area (Å²) in [5, 5.41) is 5.46. The number of fused-ring (bicyclic) bond motifs is 1. The van der Waals surface area contributed by atoms with E-state index in [0.717, 1.165) is 23.4 Å². The minimum Gasteiger partial charge on any atom is -0.312 e. The first-order valence-electron chi connectivity index (χ1n) is 8.50. The molecule has 5 nitrogen and oxygen atoms in total. The Morgan fingerprint density at radius 3 is 2.72 bits per heavy atom. The molecule has 25 heavy (non-hydrogen) atoms. The van der Waals surface area contributed by atoms with E-state index >= 15 is 0 Å². The molecule has 2 heterocycles. The zero-order valence-electron chi connectivity index (χ0n) is 15.0. The monoisotopic (exact) mass is 357 g/mol. The first-order chi connectivity index (χ1) is 11.8. The summed E-state index contributed by atoms with van der Waals surface area (Å²) in [6.45, 7) is 8.84. The van der Waals surface area contributed by atoms with Crippen LogP contribution in [0, 0.1) is 0 Å². The molecule has 1 aromatic carbocycles. The molecule has 1 aliphatic heterocycles. The molecule has 0 spiro atoms. The lowest BCUT2D eigenvalue weighted by molar-refractivity contribution is -0.118. The molecule has 132 valence electrons. The van der Waals surface area contributed by atoms with Crippen molar-refractivity contribution in [3.63, 3.8) is 0 Å². The first-order valence-corrected chi connectivity index (χ1v) is 9.38. The summed E-state index contributed by atoms with van der Waals surface area (Å²) in [6.07, 6.45) is 1.27. The van der Waals surface area contributed by atoms with Crippen molar-refractivity contribution in [3.8, 4) is 0 Å². The van der Waals surface area contributed by atoms with Gasteiger partial charge in [-0.05, 0) is 30.2 Å². The Labute approximate surface area is 152 Å². The number of nitrogens with one attached hydrogen (secondary N) is 1. The largest absolute Gasteiger partial charge is 0.312 e. The summed E-state index contributed by atoms with van der Waals surface area (Å²) >= 11 is 1.44. The fourth-order valence-electron chi connectivity index (χ4n) is 2.84. The van der Waals surface area contributed by atoms with Crippen LogP contribution in [-0.4, -0.2) is 23.3 Å². The van der Waals surface area contributed by atoms with E-state index in [0.29, 0.717) is 23.7 Å². The van der Waals surface area contributed by atoms with Gasteiger partial charge in [-0.1, -0.05) is 27.7 Å². The molecule has 6 heteroatoms. The van der Waals surface area contributed by atoms with Gasteiger partial charge >= 0.3 is 0 Å². The van der Waals surface area contributed by atoms with Crippen LogP contribution in [-0.2, 0) is 16.6 Å². The van der Waals surface area contributed by atoms with Crippen LogP contribution in [0.2, 0.25) is 0 Å². The Morgan fingerprint density at radius 2 is 2.08 bits per heavy atom. The highest BCUT2D eigenvalue weighted by Crippen LogP contribution is 2.30. The number of thiazole rings is 1. The van der Waals surface area contributed by atoms with Crippen molar-refractivity contribution < 1.29 is 9.59 Å². The number of carbonyl (C=O) groups excluding carboxylic acids is 2. The van der Waals surface area contributed by atoms with E-state index in [1.807, 2.05) is 24.4 Å². The normalized spacial score (nSPS) is 13.7. The number of rotatable bonds is 3. The number of amides is 2. The molecule has 2 amide bonds. The lowest BCUT2D eigenvalue weighted by Gasteiger charge is -2.16. The van der Waals surface area contributed by atoms with Crippen molar-refractivity contribution in [1.29, 1.82) is 0 Å². The number of hydrogen-bond acceptors (Lipinski definition) is 4. The van der Waals surface area contributed by atoms with Gasteiger partial charge in [-0.3, -0.25) is 14.9 Å². The zero-order valence-corrected chi connectivity index (χ0v) is 15.9. The highest BCUT2D eigenvalue weighted by molar-refractivity contribution is 7.14. The predicted octanol–water partition coefficient (Wildman–Crippen LogP) is 3.99. The standard InChI is InChI=1S/C19H23N3O2S/c1-5-16(23)22-9-8-12-10-13(6-7-14(12)22)17(24)21-18-20-15(11-25-18)19(2,3)4/h6-7,10-11H,5,8-9H2,1-4H3,(H,20,21,24). The molecule has 0 bridgehead atoms. The third-order valence-electron chi connectivity index (χ3n) is 4.33. The van der Waals surface area contributed by atoms with E-state index < -0.39 is 0 Å². The van der Waals surface area contributed by atoms with Crippen LogP contribution in [0.1, 0.15) is 55.7 Å². The van der Waals surface area contributed by atoms with Crippen LogP contribution in [0.3, 0.4) is 0 Å². The summed E-state index contributed by atoms with van der Waals surface area (Å²) in [7, 11) is 0. The maximum atomic E-state index is 12.5. The van der Waals surface area contributed by atoms with Crippen LogP contribution < -0.4 is 10.2 Å². The Balaban J connectivity index is 1.76. The van der Waals surface area contributed by atoms with E-state index in [2.05, 4.69) is 31.1 Å². The molecule has 0 saturated carbocycles. The molecule has 2 aromatic rings. The molecule has 3 rings (SSSR count). The van der Waals surface area contributed by atoms with Crippen LogP contribution >= 0.6 is 11.3 Å². The van der Waals surface area contributed by atoms with Gasteiger partial charge in [-0.25, -0.2) is 4.98 Å². The van der Waals surface area contributed by atoms with Gasteiger partial charge in [0.15, 0.2) is 5.13 Å². The van der Waals surface area contributed by atoms with E-state index in [9.17, 15) is 9.59 Å². The van der Waals surface area contributed by atoms with Gasteiger partial charge in [0, 0.05) is 35.0 Å². The number of carbonyl (C=O) groups is 2. The summed E-state index contributed by atoms with van der Waals surface area (Å²) in [5.74, 6) is -0.0497. The van der Waals surface area contributed by atoms with Crippen LogP contribution in [0.5, 0.6) is 0 Å². The summed E-state index contributed by atoms with van der Waals surface area (Å²) in [6, 6.07) is 5.52. The minimum absolute atomic E-state index is 0.0394. The average Bonchev–Trinajstić information content (AvgIpc) is 3.19. The van der Waals surface area contributed by atoms with Crippen LogP contribution in [0.4, 0.5) is 10.8 Å². The maximum Gasteiger partial charge on any atom is 0.257 e. The molecule has 0 atom stereocenters. The smallest absolute Gasteiger partial charge is 0.257 e. The van der Waals surface area contributed by atoms with Gasteiger partial charge in [-0.2, -0.15) is 0 Å². The second-order valence-corrected chi connectivity index (χ2v) is 8.09. The molecule has 0 fully saturated rings. The van der Waals surface area contributed by atoms with Crippen LogP contribution in [0.25, 0.3) is 0 Å². The second kappa shape index (κ2) is 6.59. The number of benzene rings is 1. The predicted molar refractivity (Wildman–Crippen MR) is 102 cm³/mol. The van der Waals surface area contributed by atoms with Crippen molar-refractivity contribution in [2.45, 2.75) is 46.0 Å². The zero-order chi connectivity index (χ0) is 18.2. The number of aromatic nitrogens is 1. The quantitative estimate of drug-likeness (QED) is 0.903. The van der Waals surface area contributed by atoms with Gasteiger partial charge in [0.25, 0.3) is 5.91 Å². The Hall–Kier alpha value is -2.21. The lowest BCUT2D eigenvalue weighted by atomic mass is 9.93. The molecule has 1 N–H and O–H groups in total. The first kappa shape index (κ1) is 17.6. The molecular formula is C19H23N3O2S. The van der Waals surface area contributed by atoms with Gasteiger partial charge < -0.3 is 4.90 Å². The molecular weight excluding hydrogens is 334 g/mol. The third kappa shape index (κ3) is 3.58. The van der Waals surface area contributed by atoms with Gasteiger partial charge in [0.1, 0.15) is 0 Å². The average molecular weight is 357 g/mol. The highest BCUT2D eigenvalue weighted by atomic mass is 32.1. The number of hydrogen-bond donors (Lipinski definition) is 1. The summed E-state index contributed by atoms with van der Waals surface area (Å²) in [5.41, 5.74) is 3.49. The Morgan fingerprint density at radius 1 is 1.32 bits per heavy atom. The van der Waals surface area contributed by atoms with E-state index in [-0.39, 0.29) is 17.2 Å². The van der Waals surface area contributed by atoms with Crippen molar-refractivity contribution in [2.24, 2.45) is 0 Å². The van der Waals surface area contributed by atoms with Gasteiger partial charge in [0.05, 0.1) is 5.69 Å². The van der Waals surface area contributed by atoms with Crippen molar-refractivity contribution in [2.75, 3.05) is 16.8 Å². The number of nitrogens with zero attached hydrogens (tertiary/aromatic N) is 2. The summed E-state index contributed by atoms with van der Waals surface area (Å²) in [4.78, 5) is 30.8. The highest BCUT2D eigenvalue weighted by Gasteiger charge is 2.24. The van der Waals surface area contributed by atoms with Crippen LogP contribution in [0.15, 0.2) is 23.6 Å². The molecule has 1 aliphatic rings. The lowest BCUT2D eigenvalue weighted by Crippen LogP contribution is -2.27.